The molecule has 1 aliphatic heterocycles. The maximum Gasteiger partial charge on any atom is 0.238 e. The highest BCUT2D eigenvalue weighted by molar-refractivity contribution is 6.03. The highest BCUT2D eigenvalue weighted by atomic mass is 16.2. The van der Waals surface area contributed by atoms with Gasteiger partial charge in [0, 0.05) is 11.1 Å². The molecule has 0 aliphatic carbocycles. The summed E-state index contributed by atoms with van der Waals surface area (Å²) in [6.45, 7) is 6.97. The van der Waals surface area contributed by atoms with Crippen LogP contribution in [0.3, 0.4) is 0 Å². The number of carbonyl (C=O) groups excluding carboxylic acids is 1. The Morgan fingerprint density at radius 2 is 1.79 bits per heavy atom. The number of likely N-dealkylation sites (tertiary alicyclic amines) is 1. The normalized spacial score (nSPS) is 15.5. The molecular formula is C24H35N3O. The van der Waals surface area contributed by atoms with E-state index in [1.54, 1.807) is 0 Å². The molecule has 1 N–H and O–H groups in total. The number of unbranched alkanes of at least 4 members (excludes halogenated alkanes) is 1. The number of hydrogen-bond acceptors (Lipinski definition) is 3. The fraction of sp³-hybridized carbons (Fsp3) is 0.583. The van der Waals surface area contributed by atoms with Crippen molar-refractivity contribution in [2.45, 2.75) is 71.6 Å². The molecule has 0 unspecified atom stereocenters. The molecule has 152 valence electrons. The minimum Gasteiger partial charge on any atom is -0.324 e. The average Bonchev–Trinajstić information content (AvgIpc) is 2.97. The summed E-state index contributed by atoms with van der Waals surface area (Å²) < 4.78 is 0. The molecule has 2 aromatic rings. The van der Waals surface area contributed by atoms with Crippen molar-refractivity contribution in [1.82, 2.24) is 9.88 Å². The number of fused-ring (bicyclic) bond motifs is 1. The highest BCUT2D eigenvalue weighted by Gasteiger charge is 2.18. The van der Waals surface area contributed by atoms with Crippen molar-refractivity contribution in [2.24, 2.45) is 0 Å². The Morgan fingerprint density at radius 1 is 1.04 bits per heavy atom. The van der Waals surface area contributed by atoms with Gasteiger partial charge in [0.15, 0.2) is 0 Å². The number of benzene rings is 1. The van der Waals surface area contributed by atoms with Crippen molar-refractivity contribution in [3.8, 4) is 0 Å². The summed E-state index contributed by atoms with van der Waals surface area (Å²) in [7, 11) is 0. The lowest BCUT2D eigenvalue weighted by Gasteiger charge is -2.21. The van der Waals surface area contributed by atoms with E-state index >= 15 is 0 Å². The van der Waals surface area contributed by atoms with Gasteiger partial charge in [-0.05, 0) is 56.8 Å². The van der Waals surface area contributed by atoms with E-state index in [4.69, 9.17) is 4.98 Å². The van der Waals surface area contributed by atoms with Gasteiger partial charge < -0.3 is 5.32 Å². The van der Waals surface area contributed by atoms with Crippen LogP contribution in [0.1, 0.15) is 70.1 Å². The molecule has 3 rings (SSSR count). The molecule has 0 radical (unpaired) electrons. The SMILES string of the molecule is CCCCc1nc2ccccc2c(NC(=O)CN2CCCCCC2)c1CCC. The topological polar surface area (TPSA) is 45.2 Å². The average molecular weight is 382 g/mol. The van der Waals surface area contributed by atoms with Gasteiger partial charge in [-0.1, -0.05) is 57.7 Å². The summed E-state index contributed by atoms with van der Waals surface area (Å²) >= 11 is 0. The molecule has 1 aliphatic rings. The number of rotatable bonds is 8. The van der Waals surface area contributed by atoms with E-state index in [2.05, 4.69) is 36.2 Å². The Kier molecular flexibility index (Phi) is 7.84. The lowest BCUT2D eigenvalue weighted by Crippen LogP contribution is -2.34. The van der Waals surface area contributed by atoms with Crippen molar-refractivity contribution in [2.75, 3.05) is 25.0 Å². The van der Waals surface area contributed by atoms with E-state index in [9.17, 15) is 4.79 Å². The number of anilines is 1. The second-order valence-corrected chi connectivity index (χ2v) is 8.02. The fourth-order valence-electron chi connectivity index (χ4n) is 4.19. The van der Waals surface area contributed by atoms with Gasteiger partial charge >= 0.3 is 0 Å². The number of pyridine rings is 1. The Bertz CT molecular complexity index is 779. The summed E-state index contributed by atoms with van der Waals surface area (Å²) in [5.74, 6) is 0.108. The lowest BCUT2D eigenvalue weighted by molar-refractivity contribution is -0.117. The van der Waals surface area contributed by atoms with E-state index in [0.717, 1.165) is 67.5 Å². The van der Waals surface area contributed by atoms with Crippen LogP contribution in [-0.4, -0.2) is 35.4 Å². The third-order valence-corrected chi connectivity index (χ3v) is 5.68. The number of carbonyl (C=O) groups is 1. The van der Waals surface area contributed by atoms with Crippen molar-refractivity contribution < 1.29 is 4.79 Å². The Hall–Kier alpha value is -1.94. The van der Waals surface area contributed by atoms with Gasteiger partial charge in [0.25, 0.3) is 0 Å². The van der Waals surface area contributed by atoms with E-state index in [0.29, 0.717) is 6.54 Å². The number of hydrogen-bond donors (Lipinski definition) is 1. The predicted molar refractivity (Wildman–Crippen MR) is 118 cm³/mol. The number of nitrogens with zero attached hydrogens (tertiary/aromatic N) is 2. The van der Waals surface area contributed by atoms with Gasteiger partial charge in [-0.2, -0.15) is 0 Å². The standard InChI is InChI=1S/C24H35N3O/c1-3-5-14-21-19(12-4-2)24(20-13-8-9-15-22(20)25-21)26-23(28)18-27-16-10-6-7-11-17-27/h8-9,13,15H,3-7,10-12,14,16-18H2,1-2H3,(H,25,26,28). The van der Waals surface area contributed by atoms with Crippen LogP contribution < -0.4 is 5.32 Å². The fourth-order valence-corrected chi connectivity index (χ4v) is 4.19. The van der Waals surface area contributed by atoms with Crippen LogP contribution in [0.5, 0.6) is 0 Å². The van der Waals surface area contributed by atoms with E-state index in [1.165, 1.54) is 31.2 Å². The van der Waals surface area contributed by atoms with E-state index < -0.39 is 0 Å². The summed E-state index contributed by atoms with van der Waals surface area (Å²) in [6.07, 6.45) is 10.2. The largest absolute Gasteiger partial charge is 0.324 e. The molecule has 0 spiro atoms. The van der Waals surface area contributed by atoms with Gasteiger partial charge in [-0.15, -0.1) is 0 Å². The lowest BCUT2D eigenvalue weighted by atomic mass is 9.98. The number of amides is 1. The zero-order valence-electron chi connectivity index (χ0n) is 17.6. The smallest absolute Gasteiger partial charge is 0.238 e. The van der Waals surface area contributed by atoms with Crippen LogP contribution in [0.15, 0.2) is 24.3 Å². The van der Waals surface area contributed by atoms with Crippen molar-refractivity contribution in [3.63, 3.8) is 0 Å². The number of nitrogens with one attached hydrogen (secondary N) is 1. The van der Waals surface area contributed by atoms with Crippen LogP contribution in [0.4, 0.5) is 5.69 Å². The van der Waals surface area contributed by atoms with E-state index in [1.807, 2.05) is 12.1 Å². The highest BCUT2D eigenvalue weighted by Crippen LogP contribution is 2.30. The first-order chi connectivity index (χ1) is 13.7. The van der Waals surface area contributed by atoms with Crippen molar-refractivity contribution in [1.29, 1.82) is 0 Å². The number of para-hydroxylation sites is 1. The summed E-state index contributed by atoms with van der Waals surface area (Å²) in [6, 6.07) is 8.22. The first kappa shape index (κ1) is 20.8. The first-order valence-electron chi connectivity index (χ1n) is 11.2. The summed E-state index contributed by atoms with van der Waals surface area (Å²) in [4.78, 5) is 20.2. The molecule has 1 saturated heterocycles. The molecule has 1 fully saturated rings. The molecule has 4 heteroatoms. The molecule has 4 nitrogen and oxygen atoms in total. The monoisotopic (exact) mass is 381 g/mol. The third kappa shape index (κ3) is 5.32. The predicted octanol–water partition coefficient (Wildman–Crippen LogP) is 5.34. The second-order valence-electron chi connectivity index (χ2n) is 8.02. The van der Waals surface area contributed by atoms with Gasteiger partial charge in [-0.3, -0.25) is 14.7 Å². The molecular weight excluding hydrogens is 346 g/mol. The third-order valence-electron chi connectivity index (χ3n) is 5.68. The summed E-state index contributed by atoms with van der Waals surface area (Å²) in [5, 5.41) is 4.37. The van der Waals surface area contributed by atoms with Crippen molar-refractivity contribution >= 4 is 22.5 Å². The van der Waals surface area contributed by atoms with Gasteiger partial charge in [0.05, 0.1) is 17.7 Å². The Morgan fingerprint density at radius 3 is 2.50 bits per heavy atom. The Labute approximate surface area is 169 Å². The molecule has 0 bridgehead atoms. The number of aryl methyl sites for hydroxylation is 1. The maximum absolute atomic E-state index is 12.9. The molecule has 2 heterocycles. The molecule has 0 atom stereocenters. The quantitative estimate of drug-likeness (QED) is 0.671. The maximum atomic E-state index is 12.9. The first-order valence-corrected chi connectivity index (χ1v) is 11.2. The zero-order valence-corrected chi connectivity index (χ0v) is 17.6. The molecule has 0 saturated carbocycles. The zero-order chi connectivity index (χ0) is 19.8. The molecule has 1 amide bonds. The van der Waals surface area contributed by atoms with Gasteiger partial charge in [0.2, 0.25) is 5.91 Å². The van der Waals surface area contributed by atoms with Crippen LogP contribution in [0.2, 0.25) is 0 Å². The summed E-state index contributed by atoms with van der Waals surface area (Å²) in [5.41, 5.74) is 4.38. The number of aromatic nitrogens is 1. The van der Waals surface area contributed by atoms with Gasteiger partial charge in [-0.25, -0.2) is 0 Å². The minimum absolute atomic E-state index is 0.108. The van der Waals surface area contributed by atoms with Gasteiger partial charge in [0.1, 0.15) is 0 Å². The molecule has 1 aromatic carbocycles. The Balaban J connectivity index is 1.90. The van der Waals surface area contributed by atoms with Crippen LogP contribution in [-0.2, 0) is 17.6 Å². The second kappa shape index (κ2) is 10.6. The van der Waals surface area contributed by atoms with Crippen LogP contribution in [0.25, 0.3) is 10.9 Å². The van der Waals surface area contributed by atoms with Crippen molar-refractivity contribution in [3.05, 3.63) is 35.5 Å². The van der Waals surface area contributed by atoms with Crippen LogP contribution >= 0.6 is 0 Å². The molecule has 28 heavy (non-hydrogen) atoms. The van der Waals surface area contributed by atoms with Crippen LogP contribution in [0, 0.1) is 0 Å². The minimum atomic E-state index is 0.108. The van der Waals surface area contributed by atoms with E-state index in [-0.39, 0.29) is 5.91 Å². The molecule has 1 aromatic heterocycles.